The molecule has 1 aromatic carbocycles. The summed E-state index contributed by atoms with van der Waals surface area (Å²) in [6, 6.07) is 9.84. The average Bonchev–Trinajstić information content (AvgIpc) is 3.34. The normalized spacial score (nSPS) is 15.3. The van der Waals surface area contributed by atoms with Gasteiger partial charge in [-0.15, -0.1) is 0 Å². The number of nitrogens with one attached hydrogen (secondary N) is 3. The lowest BCUT2D eigenvalue weighted by molar-refractivity contribution is -0.120. The number of imidazole rings is 1. The van der Waals surface area contributed by atoms with Crippen molar-refractivity contribution < 1.29 is 9.53 Å². The molecule has 10 heteroatoms. The maximum Gasteiger partial charge on any atom is 0.250 e. The molecule has 32 heavy (non-hydrogen) atoms. The van der Waals surface area contributed by atoms with Crippen molar-refractivity contribution in [2.45, 2.75) is 37.1 Å². The Morgan fingerprint density at radius 3 is 2.94 bits per heavy atom. The van der Waals surface area contributed by atoms with Crippen LogP contribution < -0.4 is 10.6 Å². The van der Waals surface area contributed by atoms with Crippen LogP contribution in [0.2, 0.25) is 0 Å². The smallest absolute Gasteiger partial charge is 0.250 e. The number of ether oxygens (including phenoxy) is 1. The standard InChI is InChI=1S/C22H25N7O2S/c1-2-31-14-22(30)24-16-5-7-17(8-6-16)32-28-12-20-23-9-10-29(20)21(13-28)25-19-11-18(26-27-19)15-3-4-15/h5-11,13,15H,2-4,12,14H2,1H3,(H,24,30)(H2,25,26,27). The zero-order valence-electron chi connectivity index (χ0n) is 17.7. The van der Waals surface area contributed by atoms with Crippen molar-refractivity contribution in [3.8, 4) is 0 Å². The van der Waals surface area contributed by atoms with Crippen LogP contribution in [-0.2, 0) is 16.1 Å². The van der Waals surface area contributed by atoms with Crippen molar-refractivity contribution in [2.24, 2.45) is 0 Å². The maximum atomic E-state index is 11.8. The number of hydrogen-bond donors (Lipinski definition) is 3. The molecule has 3 N–H and O–H groups in total. The molecular weight excluding hydrogens is 426 g/mol. The Labute approximate surface area is 190 Å². The lowest BCUT2D eigenvalue weighted by Gasteiger charge is -2.26. The number of aromatic nitrogens is 4. The van der Waals surface area contributed by atoms with Gasteiger partial charge >= 0.3 is 0 Å². The highest BCUT2D eigenvalue weighted by Crippen LogP contribution is 2.39. The van der Waals surface area contributed by atoms with Gasteiger partial charge in [0.15, 0.2) is 5.82 Å². The number of fused-ring (bicyclic) bond motifs is 1. The molecule has 0 bridgehead atoms. The van der Waals surface area contributed by atoms with E-state index in [0.29, 0.717) is 19.1 Å². The summed E-state index contributed by atoms with van der Waals surface area (Å²) in [5, 5.41) is 13.8. The van der Waals surface area contributed by atoms with Gasteiger partial charge in [-0.2, -0.15) is 5.10 Å². The molecule has 0 unspecified atom stereocenters. The van der Waals surface area contributed by atoms with Crippen LogP contribution in [-0.4, -0.2) is 43.2 Å². The molecule has 3 aromatic rings. The van der Waals surface area contributed by atoms with Gasteiger partial charge < -0.3 is 19.7 Å². The summed E-state index contributed by atoms with van der Waals surface area (Å²) >= 11 is 1.61. The van der Waals surface area contributed by atoms with Gasteiger partial charge in [0.25, 0.3) is 0 Å². The quantitative estimate of drug-likeness (QED) is 0.425. The fourth-order valence-electron chi connectivity index (χ4n) is 3.47. The lowest BCUT2D eigenvalue weighted by Crippen LogP contribution is -2.23. The van der Waals surface area contributed by atoms with Gasteiger partial charge in [0.2, 0.25) is 5.91 Å². The van der Waals surface area contributed by atoms with Crippen LogP contribution in [0, 0.1) is 0 Å². The first-order chi connectivity index (χ1) is 15.7. The van der Waals surface area contributed by atoms with Crippen molar-refractivity contribution in [2.75, 3.05) is 23.8 Å². The van der Waals surface area contributed by atoms with Gasteiger partial charge in [0.1, 0.15) is 18.3 Å². The van der Waals surface area contributed by atoms with E-state index in [1.165, 1.54) is 18.5 Å². The third kappa shape index (κ3) is 4.81. The molecule has 1 aliphatic carbocycles. The zero-order chi connectivity index (χ0) is 21.9. The minimum Gasteiger partial charge on any atom is -0.372 e. The summed E-state index contributed by atoms with van der Waals surface area (Å²) in [6.45, 7) is 3.11. The second-order valence-corrected chi connectivity index (χ2v) is 8.83. The molecule has 1 aliphatic heterocycles. The van der Waals surface area contributed by atoms with E-state index in [9.17, 15) is 4.79 Å². The molecule has 0 spiro atoms. The van der Waals surface area contributed by atoms with E-state index in [-0.39, 0.29) is 12.5 Å². The number of amides is 1. The van der Waals surface area contributed by atoms with E-state index in [0.717, 1.165) is 28.0 Å². The Bertz CT molecular complexity index is 1120. The minimum absolute atomic E-state index is 0.0617. The topological polar surface area (TPSA) is 100 Å². The summed E-state index contributed by atoms with van der Waals surface area (Å²) in [6.07, 6.45) is 8.27. The predicted octanol–water partition coefficient (Wildman–Crippen LogP) is 3.85. The molecule has 0 atom stereocenters. The SMILES string of the molecule is CCOCC(=O)Nc1ccc(SN2C=C(Nc3cc(C4CC4)[nH]n3)n3ccnc3C2)cc1. The van der Waals surface area contributed by atoms with Crippen molar-refractivity contribution in [3.05, 3.63) is 60.4 Å². The maximum absolute atomic E-state index is 11.8. The first-order valence-electron chi connectivity index (χ1n) is 10.7. The summed E-state index contributed by atoms with van der Waals surface area (Å²) in [5.41, 5.74) is 1.94. The predicted molar refractivity (Wildman–Crippen MR) is 124 cm³/mol. The molecule has 0 saturated heterocycles. The number of carbonyl (C=O) groups excluding carboxylic acids is 1. The number of H-pyrrole nitrogens is 1. The molecule has 0 radical (unpaired) electrons. The molecule has 1 saturated carbocycles. The summed E-state index contributed by atoms with van der Waals surface area (Å²) in [4.78, 5) is 17.4. The summed E-state index contributed by atoms with van der Waals surface area (Å²) < 4.78 is 9.30. The van der Waals surface area contributed by atoms with E-state index in [2.05, 4.69) is 42.4 Å². The second-order valence-electron chi connectivity index (χ2n) is 7.71. The van der Waals surface area contributed by atoms with Gasteiger partial charge in [-0.1, -0.05) is 0 Å². The van der Waals surface area contributed by atoms with Crippen LogP contribution >= 0.6 is 11.9 Å². The highest BCUT2D eigenvalue weighted by atomic mass is 32.2. The molecule has 1 fully saturated rings. The van der Waals surface area contributed by atoms with Crippen LogP contribution in [0.5, 0.6) is 0 Å². The first kappa shape index (κ1) is 20.7. The first-order valence-corrected chi connectivity index (χ1v) is 11.4. The van der Waals surface area contributed by atoms with E-state index in [1.807, 2.05) is 42.0 Å². The Morgan fingerprint density at radius 1 is 1.31 bits per heavy atom. The summed E-state index contributed by atoms with van der Waals surface area (Å²) in [5.74, 6) is 3.11. The third-order valence-electron chi connectivity index (χ3n) is 5.21. The number of hydrogen-bond acceptors (Lipinski definition) is 7. The number of nitrogens with zero attached hydrogens (tertiary/aromatic N) is 4. The Hall–Kier alpha value is -3.24. The fraction of sp³-hybridized carbons (Fsp3) is 0.318. The van der Waals surface area contributed by atoms with Gasteiger partial charge in [-0.05, 0) is 56.0 Å². The van der Waals surface area contributed by atoms with E-state index in [4.69, 9.17) is 4.74 Å². The Kier molecular flexibility index (Phi) is 5.87. The molecule has 5 rings (SSSR count). The number of benzene rings is 1. The molecule has 1 amide bonds. The number of carbonyl (C=O) groups is 1. The van der Waals surface area contributed by atoms with Gasteiger partial charge in [-0.3, -0.25) is 14.5 Å². The summed E-state index contributed by atoms with van der Waals surface area (Å²) in [7, 11) is 0. The van der Waals surface area contributed by atoms with Crippen molar-refractivity contribution in [3.63, 3.8) is 0 Å². The van der Waals surface area contributed by atoms with E-state index in [1.54, 1.807) is 18.1 Å². The number of anilines is 2. The van der Waals surface area contributed by atoms with Crippen LogP contribution in [0.3, 0.4) is 0 Å². The average molecular weight is 452 g/mol. The molecule has 3 heterocycles. The third-order valence-corrected chi connectivity index (χ3v) is 6.16. The fourth-order valence-corrected chi connectivity index (χ4v) is 4.33. The monoisotopic (exact) mass is 451 g/mol. The Balaban J connectivity index is 1.26. The van der Waals surface area contributed by atoms with E-state index < -0.39 is 0 Å². The van der Waals surface area contributed by atoms with Gasteiger partial charge in [0, 0.05) is 47.3 Å². The van der Waals surface area contributed by atoms with Gasteiger partial charge in [0.05, 0.1) is 12.7 Å². The molecule has 2 aliphatic rings. The largest absolute Gasteiger partial charge is 0.372 e. The molecule has 9 nitrogen and oxygen atoms in total. The van der Waals surface area contributed by atoms with Crippen LogP contribution in [0.1, 0.15) is 37.2 Å². The van der Waals surface area contributed by atoms with Crippen LogP contribution in [0.15, 0.2) is 53.8 Å². The highest BCUT2D eigenvalue weighted by molar-refractivity contribution is 7.97. The van der Waals surface area contributed by atoms with Crippen molar-refractivity contribution >= 4 is 35.2 Å². The minimum atomic E-state index is -0.156. The van der Waals surface area contributed by atoms with Crippen LogP contribution in [0.4, 0.5) is 11.5 Å². The lowest BCUT2D eigenvalue weighted by atomic mass is 10.3. The highest BCUT2D eigenvalue weighted by Gasteiger charge is 2.26. The number of rotatable bonds is 9. The van der Waals surface area contributed by atoms with E-state index >= 15 is 0 Å². The molecule has 166 valence electrons. The Morgan fingerprint density at radius 2 is 2.16 bits per heavy atom. The van der Waals surface area contributed by atoms with Crippen molar-refractivity contribution in [1.29, 1.82) is 0 Å². The number of aromatic amines is 1. The molecular formula is C22H25N7O2S. The van der Waals surface area contributed by atoms with Crippen molar-refractivity contribution in [1.82, 2.24) is 24.1 Å². The van der Waals surface area contributed by atoms with Crippen LogP contribution in [0.25, 0.3) is 5.82 Å². The second kappa shape index (κ2) is 9.09. The zero-order valence-corrected chi connectivity index (χ0v) is 18.6. The van der Waals surface area contributed by atoms with Gasteiger partial charge in [-0.25, -0.2) is 4.98 Å². The molecule has 2 aromatic heterocycles.